The van der Waals surface area contributed by atoms with Crippen molar-refractivity contribution in [3.63, 3.8) is 0 Å². The van der Waals surface area contributed by atoms with Crippen LogP contribution in [0.1, 0.15) is 49.3 Å². The molecule has 1 N–H and O–H groups in total. The van der Waals surface area contributed by atoms with Crippen molar-refractivity contribution in [1.82, 2.24) is 4.90 Å². The van der Waals surface area contributed by atoms with Gasteiger partial charge in [-0.25, -0.2) is 0 Å². The van der Waals surface area contributed by atoms with Crippen LogP contribution in [0.5, 0.6) is 5.75 Å². The Bertz CT molecular complexity index is 1070. The van der Waals surface area contributed by atoms with Gasteiger partial charge in [0, 0.05) is 6.54 Å². The van der Waals surface area contributed by atoms with E-state index in [1.807, 2.05) is 50.5 Å². The van der Waals surface area contributed by atoms with Gasteiger partial charge in [-0.05, 0) is 87.2 Å². The third-order valence-corrected chi connectivity index (χ3v) is 6.30. The van der Waals surface area contributed by atoms with Gasteiger partial charge in [0.2, 0.25) is 0 Å². The summed E-state index contributed by atoms with van der Waals surface area (Å²) in [4.78, 5) is 2.12. The highest BCUT2D eigenvalue weighted by molar-refractivity contribution is 5.69. The van der Waals surface area contributed by atoms with Crippen LogP contribution in [0.4, 0.5) is 0 Å². The minimum Gasteiger partial charge on any atom is -0.487 e. The summed E-state index contributed by atoms with van der Waals surface area (Å²) in [5.41, 5.74) is 3.18. The summed E-state index contributed by atoms with van der Waals surface area (Å²) in [7, 11) is 4.10. The lowest BCUT2D eigenvalue weighted by Crippen LogP contribution is -2.39. The molecule has 172 valence electrons. The summed E-state index contributed by atoms with van der Waals surface area (Å²) < 4.78 is 6.23. The van der Waals surface area contributed by atoms with Gasteiger partial charge in [-0.1, -0.05) is 72.8 Å². The lowest BCUT2D eigenvalue weighted by atomic mass is 9.72. The number of rotatable bonds is 7. The quantitative estimate of drug-likeness (QED) is 0.470. The molecular weight excluding hydrogens is 406 g/mol. The largest absolute Gasteiger partial charge is 0.487 e. The van der Waals surface area contributed by atoms with E-state index in [0.29, 0.717) is 6.42 Å². The van der Waals surface area contributed by atoms with E-state index in [9.17, 15) is 5.11 Å². The third kappa shape index (κ3) is 5.73. The molecule has 1 aliphatic carbocycles. The number of ether oxygens (including phenoxy) is 1. The minimum atomic E-state index is -1.04. The van der Waals surface area contributed by atoms with Gasteiger partial charge in [-0.2, -0.15) is 0 Å². The van der Waals surface area contributed by atoms with Crippen LogP contribution in [-0.4, -0.2) is 36.2 Å². The molecule has 3 aromatic rings. The molecule has 4 rings (SSSR count). The number of benzene rings is 3. The van der Waals surface area contributed by atoms with Gasteiger partial charge >= 0.3 is 0 Å². The highest BCUT2D eigenvalue weighted by atomic mass is 16.5. The molecule has 2 unspecified atom stereocenters. The fourth-order valence-electron chi connectivity index (χ4n) is 5.06. The summed E-state index contributed by atoms with van der Waals surface area (Å²) in [5.74, 6) is 1.06. The van der Waals surface area contributed by atoms with Crippen molar-refractivity contribution >= 4 is 5.57 Å². The Balaban J connectivity index is 1.65. The van der Waals surface area contributed by atoms with E-state index in [1.165, 1.54) is 16.7 Å². The van der Waals surface area contributed by atoms with Crippen LogP contribution in [0, 0.1) is 0 Å². The van der Waals surface area contributed by atoms with Crippen LogP contribution in [0.3, 0.4) is 0 Å². The predicted molar refractivity (Wildman–Crippen MR) is 136 cm³/mol. The van der Waals surface area contributed by atoms with E-state index in [2.05, 4.69) is 73.4 Å². The topological polar surface area (TPSA) is 32.7 Å². The first-order valence-electron chi connectivity index (χ1n) is 11.7. The van der Waals surface area contributed by atoms with Crippen LogP contribution in [0.2, 0.25) is 0 Å². The van der Waals surface area contributed by atoms with Gasteiger partial charge in [0.25, 0.3) is 0 Å². The van der Waals surface area contributed by atoms with Crippen molar-refractivity contribution in [1.29, 1.82) is 0 Å². The molecule has 0 heterocycles. The van der Waals surface area contributed by atoms with Gasteiger partial charge in [-0.3, -0.25) is 0 Å². The Morgan fingerprint density at radius 3 is 2.12 bits per heavy atom. The number of likely N-dealkylation sites (N-methyl/N-ethyl adjacent to an activating group) is 1. The van der Waals surface area contributed by atoms with Crippen LogP contribution >= 0.6 is 0 Å². The smallest absolute Gasteiger partial charge is 0.120 e. The summed E-state index contributed by atoms with van der Waals surface area (Å²) >= 11 is 0. The first kappa shape index (κ1) is 23.3. The highest BCUT2D eigenvalue weighted by Crippen LogP contribution is 2.46. The fourth-order valence-corrected chi connectivity index (χ4v) is 5.06. The predicted octanol–water partition coefficient (Wildman–Crippen LogP) is 6.25. The lowest BCUT2D eigenvalue weighted by Gasteiger charge is -2.36. The monoisotopic (exact) mass is 441 g/mol. The van der Waals surface area contributed by atoms with Crippen molar-refractivity contribution < 1.29 is 9.84 Å². The van der Waals surface area contributed by atoms with Gasteiger partial charge in [0.1, 0.15) is 17.0 Å². The Morgan fingerprint density at radius 1 is 0.909 bits per heavy atom. The standard InChI is InChI=1S/C30H35NO2/c1-29(2,22-31(3)4)33-28-17-15-27(16-18-28)30(32)20-25(23-11-7-5-8-12-23)19-26(21-30)24-13-9-6-10-14-24/h5-18,20,26,32H,19,21-22H2,1-4H3. The molecule has 0 aromatic heterocycles. The minimum absolute atomic E-state index is 0.242. The van der Waals surface area contributed by atoms with Gasteiger partial charge < -0.3 is 14.7 Å². The molecule has 3 nitrogen and oxygen atoms in total. The third-order valence-electron chi connectivity index (χ3n) is 6.30. The van der Waals surface area contributed by atoms with Crippen molar-refractivity contribution in [2.45, 2.75) is 43.8 Å². The maximum absolute atomic E-state index is 11.9. The molecule has 3 heteroatoms. The maximum atomic E-state index is 11.9. The molecule has 3 aromatic carbocycles. The number of hydrogen-bond donors (Lipinski definition) is 1. The van der Waals surface area contributed by atoms with Crippen molar-refractivity contribution in [2.75, 3.05) is 20.6 Å². The molecule has 0 spiro atoms. The Morgan fingerprint density at radius 2 is 1.52 bits per heavy atom. The van der Waals surface area contributed by atoms with Crippen molar-refractivity contribution in [2.24, 2.45) is 0 Å². The zero-order chi connectivity index (χ0) is 23.5. The molecule has 0 saturated heterocycles. The van der Waals surface area contributed by atoms with Crippen molar-refractivity contribution in [3.8, 4) is 5.75 Å². The van der Waals surface area contributed by atoms with E-state index >= 15 is 0 Å². The maximum Gasteiger partial charge on any atom is 0.120 e. The van der Waals surface area contributed by atoms with E-state index in [1.54, 1.807) is 0 Å². The molecule has 0 radical (unpaired) electrons. The number of allylic oxidation sites excluding steroid dienone is 1. The second-order valence-electron chi connectivity index (χ2n) is 10.1. The van der Waals surface area contributed by atoms with E-state index in [-0.39, 0.29) is 11.5 Å². The number of aliphatic hydroxyl groups is 1. The molecular formula is C30H35NO2. The zero-order valence-corrected chi connectivity index (χ0v) is 20.2. The second kappa shape index (κ2) is 9.54. The molecule has 0 aliphatic heterocycles. The highest BCUT2D eigenvalue weighted by Gasteiger charge is 2.36. The van der Waals surface area contributed by atoms with Crippen LogP contribution in [0.15, 0.2) is 91.0 Å². The average Bonchev–Trinajstić information content (AvgIpc) is 2.79. The van der Waals surface area contributed by atoms with Crippen LogP contribution < -0.4 is 4.74 Å². The van der Waals surface area contributed by atoms with Gasteiger partial charge in [0.15, 0.2) is 0 Å². The SMILES string of the molecule is CN(C)CC(C)(C)Oc1ccc(C2(O)C=C(c3ccccc3)CC(c3ccccc3)C2)cc1. The summed E-state index contributed by atoms with van der Waals surface area (Å²) in [6.07, 6.45) is 3.63. The summed E-state index contributed by atoms with van der Waals surface area (Å²) in [6.45, 7) is 5.00. The summed E-state index contributed by atoms with van der Waals surface area (Å²) in [6, 6.07) is 28.9. The van der Waals surface area contributed by atoms with E-state index in [0.717, 1.165) is 24.3 Å². The Kier molecular flexibility index (Phi) is 6.73. The average molecular weight is 442 g/mol. The Labute approximate surface area is 198 Å². The first-order chi connectivity index (χ1) is 15.7. The van der Waals surface area contributed by atoms with E-state index < -0.39 is 5.60 Å². The molecule has 2 atom stereocenters. The summed E-state index contributed by atoms with van der Waals surface area (Å²) in [5, 5.41) is 11.9. The molecule has 0 saturated carbocycles. The lowest BCUT2D eigenvalue weighted by molar-refractivity contribution is 0.0663. The van der Waals surface area contributed by atoms with Crippen molar-refractivity contribution in [3.05, 3.63) is 108 Å². The Hall–Kier alpha value is -2.88. The second-order valence-corrected chi connectivity index (χ2v) is 10.1. The molecule has 33 heavy (non-hydrogen) atoms. The van der Waals surface area contributed by atoms with Gasteiger partial charge in [0.05, 0.1) is 0 Å². The van der Waals surface area contributed by atoms with Crippen LogP contribution in [0.25, 0.3) is 5.57 Å². The zero-order valence-electron chi connectivity index (χ0n) is 20.2. The molecule has 0 bridgehead atoms. The number of nitrogens with zero attached hydrogens (tertiary/aromatic N) is 1. The molecule has 0 fully saturated rings. The molecule has 1 aliphatic rings. The van der Waals surface area contributed by atoms with E-state index in [4.69, 9.17) is 4.74 Å². The molecule has 0 amide bonds. The number of hydrogen-bond acceptors (Lipinski definition) is 3. The first-order valence-corrected chi connectivity index (χ1v) is 11.7. The fraction of sp³-hybridized carbons (Fsp3) is 0.333. The van der Waals surface area contributed by atoms with Crippen LogP contribution in [-0.2, 0) is 5.60 Å². The normalized spacial score (nSPS) is 21.0. The van der Waals surface area contributed by atoms with Gasteiger partial charge in [-0.15, -0.1) is 0 Å².